The van der Waals surface area contributed by atoms with Gasteiger partial charge in [0.15, 0.2) is 5.78 Å². The number of halogens is 3. The number of ketones is 1. The van der Waals surface area contributed by atoms with Gasteiger partial charge in [0.05, 0.1) is 10.6 Å². The summed E-state index contributed by atoms with van der Waals surface area (Å²) in [6.45, 7) is 1.91. The highest BCUT2D eigenvalue weighted by molar-refractivity contribution is 9.10. The fourth-order valence-corrected chi connectivity index (χ4v) is 2.97. The van der Waals surface area contributed by atoms with E-state index in [4.69, 9.17) is 11.6 Å². The molecule has 0 heterocycles. The van der Waals surface area contributed by atoms with Crippen LogP contribution in [-0.4, -0.2) is 5.78 Å². The van der Waals surface area contributed by atoms with E-state index in [9.17, 15) is 4.79 Å². The molecule has 2 rings (SSSR count). The minimum Gasteiger partial charge on any atom is -0.289 e. The molecule has 0 saturated heterocycles. The van der Waals surface area contributed by atoms with Crippen LogP contribution < -0.4 is 0 Å². The summed E-state index contributed by atoms with van der Waals surface area (Å²) in [5.74, 6) is -0.0775. The Hall–Kier alpha value is -0.640. The number of rotatable bonds is 2. The maximum Gasteiger partial charge on any atom is 0.195 e. The molecule has 1 nitrogen and oxygen atoms in total. The normalized spacial score (nSPS) is 10.4. The minimum absolute atomic E-state index is 0.0775. The Kier molecular flexibility index (Phi) is 4.25. The molecule has 0 aliphatic rings. The molecule has 0 saturated carbocycles. The van der Waals surface area contributed by atoms with Gasteiger partial charge in [-0.05, 0) is 52.7 Å². The number of carbonyl (C=O) groups is 1. The Morgan fingerprint density at radius 2 is 1.89 bits per heavy atom. The van der Waals surface area contributed by atoms with Crippen molar-refractivity contribution in [2.75, 3.05) is 0 Å². The number of benzene rings is 2. The Bertz CT molecular complexity index is 603. The van der Waals surface area contributed by atoms with Crippen molar-refractivity contribution in [3.63, 3.8) is 0 Å². The van der Waals surface area contributed by atoms with Crippen LogP contribution in [0.5, 0.6) is 0 Å². The third kappa shape index (κ3) is 2.68. The molecule has 0 bridgehead atoms. The standard InChI is InChI=1S/C14H9Br2ClO/c1-8-5-6-9(15)7-10(8)14(18)13-11(16)3-2-4-12(13)17/h2-7H,1H3. The molecule has 18 heavy (non-hydrogen) atoms. The predicted octanol–water partition coefficient (Wildman–Crippen LogP) is 5.40. The second-order valence-corrected chi connectivity index (χ2v) is 6.06. The Morgan fingerprint density at radius 1 is 1.17 bits per heavy atom. The van der Waals surface area contributed by atoms with Gasteiger partial charge in [-0.2, -0.15) is 0 Å². The first-order valence-electron chi connectivity index (χ1n) is 5.25. The first kappa shape index (κ1) is 13.8. The summed E-state index contributed by atoms with van der Waals surface area (Å²) in [6.07, 6.45) is 0. The van der Waals surface area contributed by atoms with Crippen LogP contribution in [0.4, 0.5) is 0 Å². The van der Waals surface area contributed by atoms with Crippen molar-refractivity contribution >= 4 is 49.2 Å². The summed E-state index contributed by atoms with van der Waals surface area (Å²) in [4.78, 5) is 12.5. The fraction of sp³-hybridized carbons (Fsp3) is 0.0714. The minimum atomic E-state index is -0.0775. The molecule has 0 spiro atoms. The zero-order valence-corrected chi connectivity index (χ0v) is 13.4. The van der Waals surface area contributed by atoms with Crippen LogP contribution in [-0.2, 0) is 0 Å². The molecule has 2 aromatic carbocycles. The van der Waals surface area contributed by atoms with Gasteiger partial charge in [0, 0.05) is 14.5 Å². The van der Waals surface area contributed by atoms with Crippen molar-refractivity contribution < 1.29 is 4.79 Å². The summed E-state index contributed by atoms with van der Waals surface area (Å²) in [5, 5.41) is 0.453. The third-order valence-electron chi connectivity index (χ3n) is 2.63. The number of hydrogen-bond acceptors (Lipinski definition) is 1. The van der Waals surface area contributed by atoms with E-state index in [0.29, 0.717) is 20.6 Å². The van der Waals surface area contributed by atoms with Crippen LogP contribution in [0.25, 0.3) is 0 Å². The largest absolute Gasteiger partial charge is 0.289 e. The predicted molar refractivity (Wildman–Crippen MR) is 81.5 cm³/mol. The lowest BCUT2D eigenvalue weighted by Gasteiger charge is -2.09. The molecular formula is C14H9Br2ClO. The van der Waals surface area contributed by atoms with Crippen LogP contribution in [0.15, 0.2) is 45.3 Å². The quantitative estimate of drug-likeness (QED) is 0.629. The van der Waals surface area contributed by atoms with E-state index < -0.39 is 0 Å². The van der Waals surface area contributed by atoms with Gasteiger partial charge in [-0.15, -0.1) is 0 Å². The van der Waals surface area contributed by atoms with E-state index in [0.717, 1.165) is 10.0 Å². The molecule has 92 valence electrons. The van der Waals surface area contributed by atoms with Gasteiger partial charge in [-0.1, -0.05) is 39.7 Å². The van der Waals surface area contributed by atoms with Crippen LogP contribution >= 0.6 is 43.5 Å². The molecule has 0 unspecified atom stereocenters. The maximum atomic E-state index is 12.5. The number of hydrogen-bond donors (Lipinski definition) is 0. The highest BCUT2D eigenvalue weighted by Crippen LogP contribution is 2.29. The van der Waals surface area contributed by atoms with Crippen LogP contribution in [0.2, 0.25) is 5.02 Å². The highest BCUT2D eigenvalue weighted by Gasteiger charge is 2.18. The summed E-state index contributed by atoms with van der Waals surface area (Å²) >= 11 is 12.9. The number of aryl methyl sites for hydroxylation is 1. The summed E-state index contributed by atoms with van der Waals surface area (Å²) < 4.78 is 1.58. The molecule has 0 N–H and O–H groups in total. The van der Waals surface area contributed by atoms with Crippen LogP contribution in [0, 0.1) is 6.92 Å². The molecule has 0 radical (unpaired) electrons. The van der Waals surface area contributed by atoms with Gasteiger partial charge in [0.25, 0.3) is 0 Å². The van der Waals surface area contributed by atoms with E-state index in [1.165, 1.54) is 0 Å². The summed E-state index contributed by atoms with van der Waals surface area (Å²) in [6, 6.07) is 11.0. The topological polar surface area (TPSA) is 17.1 Å². The monoisotopic (exact) mass is 386 g/mol. The van der Waals surface area contributed by atoms with Crippen molar-refractivity contribution in [2.24, 2.45) is 0 Å². The lowest BCUT2D eigenvalue weighted by molar-refractivity contribution is 0.103. The Balaban J connectivity index is 2.58. The molecule has 0 fully saturated rings. The smallest absolute Gasteiger partial charge is 0.195 e. The summed E-state index contributed by atoms with van der Waals surface area (Å²) in [5.41, 5.74) is 2.08. The molecule has 0 aromatic heterocycles. The lowest BCUT2D eigenvalue weighted by atomic mass is 9.99. The van der Waals surface area contributed by atoms with Gasteiger partial charge in [-0.25, -0.2) is 0 Å². The van der Waals surface area contributed by atoms with Gasteiger partial charge in [0.1, 0.15) is 0 Å². The average molecular weight is 388 g/mol. The van der Waals surface area contributed by atoms with E-state index in [2.05, 4.69) is 31.9 Å². The van der Waals surface area contributed by atoms with Crippen molar-refractivity contribution in [2.45, 2.75) is 6.92 Å². The number of carbonyl (C=O) groups excluding carboxylic acids is 1. The Labute approximate surface area is 127 Å². The average Bonchev–Trinajstić information content (AvgIpc) is 2.32. The maximum absolute atomic E-state index is 12.5. The van der Waals surface area contributed by atoms with Crippen LogP contribution in [0.1, 0.15) is 21.5 Å². The second-order valence-electron chi connectivity index (χ2n) is 3.89. The third-order valence-corrected chi connectivity index (χ3v) is 4.10. The zero-order valence-electron chi connectivity index (χ0n) is 9.51. The van der Waals surface area contributed by atoms with Gasteiger partial charge in [-0.3, -0.25) is 4.79 Å². The molecule has 0 aliphatic heterocycles. The molecule has 4 heteroatoms. The SMILES string of the molecule is Cc1ccc(Br)cc1C(=O)c1c(Cl)cccc1Br. The second kappa shape index (κ2) is 5.55. The Morgan fingerprint density at radius 3 is 2.56 bits per heavy atom. The molecule has 2 aromatic rings. The van der Waals surface area contributed by atoms with Gasteiger partial charge >= 0.3 is 0 Å². The van der Waals surface area contributed by atoms with Crippen molar-refractivity contribution in [3.8, 4) is 0 Å². The van der Waals surface area contributed by atoms with Gasteiger partial charge in [0.2, 0.25) is 0 Å². The lowest BCUT2D eigenvalue weighted by Crippen LogP contribution is -2.05. The fourth-order valence-electron chi connectivity index (χ4n) is 1.69. The molecule has 0 aliphatic carbocycles. The van der Waals surface area contributed by atoms with E-state index in [1.807, 2.05) is 31.2 Å². The van der Waals surface area contributed by atoms with E-state index in [1.54, 1.807) is 12.1 Å². The van der Waals surface area contributed by atoms with Crippen molar-refractivity contribution in [1.82, 2.24) is 0 Å². The molecule has 0 amide bonds. The first-order chi connectivity index (χ1) is 8.50. The van der Waals surface area contributed by atoms with Gasteiger partial charge < -0.3 is 0 Å². The molecule has 0 atom stereocenters. The molecular weight excluding hydrogens is 379 g/mol. The zero-order chi connectivity index (χ0) is 13.3. The summed E-state index contributed by atoms with van der Waals surface area (Å²) in [7, 11) is 0. The van der Waals surface area contributed by atoms with Crippen LogP contribution in [0.3, 0.4) is 0 Å². The first-order valence-corrected chi connectivity index (χ1v) is 7.22. The van der Waals surface area contributed by atoms with Crippen molar-refractivity contribution in [3.05, 3.63) is 67.1 Å². The van der Waals surface area contributed by atoms with E-state index >= 15 is 0 Å². The van der Waals surface area contributed by atoms with E-state index in [-0.39, 0.29) is 5.78 Å². The van der Waals surface area contributed by atoms with Crippen molar-refractivity contribution in [1.29, 1.82) is 0 Å². The highest BCUT2D eigenvalue weighted by atomic mass is 79.9.